The summed E-state index contributed by atoms with van der Waals surface area (Å²) in [6.45, 7) is 4.00. The molecular weight excluding hydrogens is 229 g/mol. The predicted octanol–water partition coefficient (Wildman–Crippen LogP) is 3.58. The zero-order valence-electron chi connectivity index (χ0n) is 10.6. The zero-order chi connectivity index (χ0) is 13.6. The molecule has 1 fully saturated rings. The molecule has 1 aliphatic rings. The van der Waals surface area contributed by atoms with E-state index in [1.165, 1.54) is 12.1 Å². The zero-order valence-corrected chi connectivity index (χ0v) is 10.6. The Kier molecular flexibility index (Phi) is 4.68. The topological polar surface area (TPSA) is 59.6 Å². The molecule has 0 spiro atoms. The van der Waals surface area contributed by atoms with Gasteiger partial charge in [-0.25, -0.2) is 4.39 Å². The van der Waals surface area contributed by atoms with Crippen LogP contribution in [-0.4, -0.2) is 5.54 Å². The van der Waals surface area contributed by atoms with E-state index in [4.69, 9.17) is 10.5 Å². The number of halogens is 1. The van der Waals surface area contributed by atoms with Gasteiger partial charge >= 0.3 is 0 Å². The Labute approximate surface area is 107 Å². The van der Waals surface area contributed by atoms with Crippen LogP contribution in [0.25, 0.3) is 0 Å². The van der Waals surface area contributed by atoms with Gasteiger partial charge in [-0.1, -0.05) is 13.8 Å². The summed E-state index contributed by atoms with van der Waals surface area (Å²) in [6.07, 6.45) is 2.58. The Bertz CT molecular complexity index is 493. The second kappa shape index (κ2) is 6.02. The smallest absolute Gasteiger partial charge is 0.143 e. The largest absolute Gasteiger partial charge is 0.367 e. The third-order valence-corrected chi connectivity index (χ3v) is 2.89. The van der Waals surface area contributed by atoms with E-state index in [2.05, 4.69) is 11.4 Å². The fourth-order valence-electron chi connectivity index (χ4n) is 1.75. The van der Waals surface area contributed by atoms with Crippen LogP contribution in [0.3, 0.4) is 0 Å². The molecule has 0 heterocycles. The maximum absolute atomic E-state index is 13.3. The van der Waals surface area contributed by atoms with Crippen molar-refractivity contribution in [3.63, 3.8) is 0 Å². The van der Waals surface area contributed by atoms with Crippen LogP contribution in [0, 0.1) is 28.5 Å². The van der Waals surface area contributed by atoms with E-state index >= 15 is 0 Å². The van der Waals surface area contributed by atoms with Crippen molar-refractivity contribution in [3.8, 4) is 12.1 Å². The minimum Gasteiger partial charge on any atom is -0.367 e. The first-order chi connectivity index (χ1) is 8.69. The molecule has 1 N–H and O–H groups in total. The van der Waals surface area contributed by atoms with E-state index in [1.54, 1.807) is 12.1 Å². The van der Waals surface area contributed by atoms with Crippen molar-refractivity contribution in [2.75, 3.05) is 5.32 Å². The summed E-state index contributed by atoms with van der Waals surface area (Å²) < 4.78 is 13.3. The Balaban J connectivity index is 0.000000771. The molecular formula is C14H16FN3. The molecule has 0 saturated heterocycles. The molecule has 1 aromatic carbocycles. The molecule has 1 saturated carbocycles. The highest BCUT2D eigenvalue weighted by Gasteiger charge is 2.37. The average Bonchev–Trinajstić information content (AvgIpc) is 2.36. The van der Waals surface area contributed by atoms with Crippen LogP contribution >= 0.6 is 0 Å². The van der Waals surface area contributed by atoms with Gasteiger partial charge in [0, 0.05) is 5.69 Å². The number of hydrogen-bond donors (Lipinski definition) is 1. The summed E-state index contributed by atoms with van der Waals surface area (Å²) in [5.74, 6) is -0.556. The summed E-state index contributed by atoms with van der Waals surface area (Å²) >= 11 is 0. The lowest BCUT2D eigenvalue weighted by atomic mass is 9.78. The van der Waals surface area contributed by atoms with Gasteiger partial charge in [0.05, 0.1) is 11.6 Å². The Morgan fingerprint density at radius 2 is 1.94 bits per heavy atom. The highest BCUT2D eigenvalue weighted by molar-refractivity contribution is 5.52. The van der Waals surface area contributed by atoms with Gasteiger partial charge in [0.25, 0.3) is 0 Å². The number of rotatable bonds is 2. The summed E-state index contributed by atoms with van der Waals surface area (Å²) in [5, 5.41) is 20.6. The quantitative estimate of drug-likeness (QED) is 0.866. The predicted molar refractivity (Wildman–Crippen MR) is 68.3 cm³/mol. The highest BCUT2D eigenvalue weighted by atomic mass is 19.1. The second-order valence-electron chi connectivity index (χ2n) is 3.98. The van der Waals surface area contributed by atoms with Crippen LogP contribution < -0.4 is 5.32 Å². The Morgan fingerprint density at radius 1 is 1.28 bits per heavy atom. The minimum absolute atomic E-state index is 0.0187. The van der Waals surface area contributed by atoms with E-state index in [0.29, 0.717) is 5.69 Å². The third kappa shape index (κ3) is 2.78. The van der Waals surface area contributed by atoms with Gasteiger partial charge in [-0.05, 0) is 37.5 Å². The maximum Gasteiger partial charge on any atom is 0.143 e. The summed E-state index contributed by atoms with van der Waals surface area (Å²) in [4.78, 5) is 0. The van der Waals surface area contributed by atoms with Gasteiger partial charge in [-0.2, -0.15) is 10.5 Å². The van der Waals surface area contributed by atoms with E-state index < -0.39 is 11.4 Å². The standard InChI is InChI=1S/C12H10FN3.C2H6/c13-11-6-10(3-2-9(11)7-14)16-12(8-15)4-1-5-12;1-2/h2-3,6,16H,1,4-5H2;1-2H3. The number of nitrogens with one attached hydrogen (secondary N) is 1. The van der Waals surface area contributed by atoms with Crippen molar-refractivity contribution in [2.24, 2.45) is 0 Å². The molecule has 1 aliphatic carbocycles. The van der Waals surface area contributed by atoms with Gasteiger partial charge in [0.1, 0.15) is 17.4 Å². The molecule has 0 aromatic heterocycles. The first-order valence-corrected chi connectivity index (χ1v) is 6.08. The normalized spacial score (nSPS) is 15.2. The van der Waals surface area contributed by atoms with Crippen LogP contribution in [0.5, 0.6) is 0 Å². The van der Waals surface area contributed by atoms with Crippen molar-refractivity contribution in [1.29, 1.82) is 10.5 Å². The van der Waals surface area contributed by atoms with E-state index in [1.807, 2.05) is 13.8 Å². The van der Waals surface area contributed by atoms with Crippen molar-refractivity contribution >= 4 is 5.69 Å². The van der Waals surface area contributed by atoms with Crippen molar-refractivity contribution in [2.45, 2.75) is 38.6 Å². The number of benzene rings is 1. The molecule has 3 nitrogen and oxygen atoms in total. The molecule has 0 atom stereocenters. The summed E-state index contributed by atoms with van der Waals surface area (Å²) in [6, 6.07) is 8.27. The second-order valence-corrected chi connectivity index (χ2v) is 3.98. The lowest BCUT2D eigenvalue weighted by molar-refractivity contribution is 0.356. The molecule has 0 bridgehead atoms. The van der Waals surface area contributed by atoms with Gasteiger partial charge < -0.3 is 5.32 Å². The molecule has 0 radical (unpaired) electrons. The van der Waals surface area contributed by atoms with Gasteiger partial charge in [0.2, 0.25) is 0 Å². The Morgan fingerprint density at radius 3 is 2.33 bits per heavy atom. The van der Waals surface area contributed by atoms with Crippen LogP contribution in [0.15, 0.2) is 18.2 Å². The monoisotopic (exact) mass is 245 g/mol. The minimum atomic E-state index is -0.556. The summed E-state index contributed by atoms with van der Waals surface area (Å²) in [5.41, 5.74) is 0.0311. The van der Waals surface area contributed by atoms with Crippen LogP contribution in [0.4, 0.5) is 10.1 Å². The van der Waals surface area contributed by atoms with Crippen LogP contribution in [0.2, 0.25) is 0 Å². The first kappa shape index (κ1) is 14.0. The van der Waals surface area contributed by atoms with Gasteiger partial charge in [-0.3, -0.25) is 0 Å². The summed E-state index contributed by atoms with van der Waals surface area (Å²) in [7, 11) is 0. The number of hydrogen-bond acceptors (Lipinski definition) is 3. The van der Waals surface area contributed by atoms with Crippen molar-refractivity contribution < 1.29 is 4.39 Å². The molecule has 0 unspecified atom stereocenters. The van der Waals surface area contributed by atoms with E-state index in [0.717, 1.165) is 19.3 Å². The number of nitrogens with zero attached hydrogens (tertiary/aromatic N) is 2. The molecule has 1 aromatic rings. The molecule has 2 rings (SSSR count). The SMILES string of the molecule is CC.N#Cc1ccc(NC2(C#N)CCC2)cc1F. The van der Waals surface area contributed by atoms with Gasteiger partial charge in [-0.15, -0.1) is 0 Å². The average molecular weight is 245 g/mol. The van der Waals surface area contributed by atoms with E-state index in [9.17, 15) is 4.39 Å². The number of nitriles is 2. The Hall–Kier alpha value is -2.07. The highest BCUT2D eigenvalue weighted by Crippen LogP contribution is 2.34. The lowest BCUT2D eigenvalue weighted by Crippen LogP contribution is -2.43. The fraction of sp³-hybridized carbons (Fsp3) is 0.429. The lowest BCUT2D eigenvalue weighted by Gasteiger charge is -2.36. The van der Waals surface area contributed by atoms with Crippen molar-refractivity contribution in [3.05, 3.63) is 29.6 Å². The first-order valence-electron chi connectivity index (χ1n) is 6.08. The van der Waals surface area contributed by atoms with Crippen LogP contribution in [0.1, 0.15) is 38.7 Å². The maximum atomic E-state index is 13.3. The fourth-order valence-corrected chi connectivity index (χ4v) is 1.75. The number of anilines is 1. The molecule has 18 heavy (non-hydrogen) atoms. The van der Waals surface area contributed by atoms with Gasteiger partial charge in [0.15, 0.2) is 0 Å². The molecule has 94 valence electrons. The van der Waals surface area contributed by atoms with E-state index in [-0.39, 0.29) is 5.56 Å². The molecule has 0 aliphatic heterocycles. The van der Waals surface area contributed by atoms with Crippen LogP contribution in [-0.2, 0) is 0 Å². The molecule has 0 amide bonds. The molecule has 4 heteroatoms. The van der Waals surface area contributed by atoms with Crippen molar-refractivity contribution in [1.82, 2.24) is 0 Å². The third-order valence-electron chi connectivity index (χ3n) is 2.89.